The highest BCUT2D eigenvalue weighted by Crippen LogP contribution is 2.15. The number of likely N-dealkylation sites (N-methyl/N-ethyl adjacent to an activating group) is 1. The predicted molar refractivity (Wildman–Crippen MR) is 66.2 cm³/mol. The van der Waals surface area contributed by atoms with Crippen molar-refractivity contribution in [1.29, 1.82) is 0 Å². The maximum atomic E-state index is 10.6. The molecule has 18 heavy (non-hydrogen) atoms. The van der Waals surface area contributed by atoms with Gasteiger partial charge < -0.3 is 10.0 Å². The van der Waals surface area contributed by atoms with Gasteiger partial charge in [0.1, 0.15) is 6.54 Å². The van der Waals surface area contributed by atoms with Gasteiger partial charge >= 0.3 is 5.97 Å². The minimum absolute atomic E-state index is 0.147. The molecule has 6 heteroatoms. The van der Waals surface area contributed by atoms with Crippen molar-refractivity contribution in [2.75, 3.05) is 18.5 Å². The summed E-state index contributed by atoms with van der Waals surface area (Å²) in [5.74, 6) is -0.565. The summed E-state index contributed by atoms with van der Waals surface area (Å²) >= 11 is 0. The summed E-state index contributed by atoms with van der Waals surface area (Å²) in [5.41, 5.74) is 1.39. The second-order valence-electron chi connectivity index (χ2n) is 3.71. The van der Waals surface area contributed by atoms with Crippen LogP contribution in [0, 0.1) is 0 Å². The highest BCUT2D eigenvalue weighted by atomic mass is 16.4. The van der Waals surface area contributed by atoms with E-state index >= 15 is 0 Å². The average molecular weight is 244 g/mol. The molecule has 0 aromatic carbocycles. The van der Waals surface area contributed by atoms with E-state index in [9.17, 15) is 4.79 Å². The number of aliphatic carboxylic acids is 1. The van der Waals surface area contributed by atoms with Gasteiger partial charge in [-0.05, 0) is 18.2 Å². The van der Waals surface area contributed by atoms with Crippen molar-refractivity contribution in [3.8, 4) is 11.4 Å². The largest absolute Gasteiger partial charge is 0.480 e. The lowest BCUT2D eigenvalue weighted by molar-refractivity contribution is -0.135. The van der Waals surface area contributed by atoms with E-state index in [1.54, 1.807) is 25.5 Å². The van der Waals surface area contributed by atoms with Crippen LogP contribution in [0.3, 0.4) is 0 Å². The molecular formula is C12H12N4O2. The Morgan fingerprint density at radius 1 is 1.22 bits per heavy atom. The van der Waals surface area contributed by atoms with Gasteiger partial charge in [-0.25, -0.2) is 9.97 Å². The number of nitrogens with zero attached hydrogens (tertiary/aromatic N) is 4. The Hall–Kier alpha value is -2.50. The van der Waals surface area contributed by atoms with E-state index < -0.39 is 5.97 Å². The summed E-state index contributed by atoms with van der Waals surface area (Å²) in [6.45, 7) is -0.147. The van der Waals surface area contributed by atoms with Crippen LogP contribution in [0.15, 0.2) is 36.7 Å². The molecule has 0 unspecified atom stereocenters. The van der Waals surface area contributed by atoms with Gasteiger partial charge in [-0.15, -0.1) is 0 Å². The van der Waals surface area contributed by atoms with Crippen molar-refractivity contribution in [3.63, 3.8) is 0 Å². The van der Waals surface area contributed by atoms with Crippen LogP contribution in [-0.4, -0.2) is 39.6 Å². The molecule has 0 fully saturated rings. The molecule has 2 rings (SSSR count). The predicted octanol–water partition coefficient (Wildman–Crippen LogP) is 1.06. The molecule has 0 aliphatic rings. The Balaban J connectivity index is 2.28. The molecule has 0 radical (unpaired) electrons. The molecule has 0 bridgehead atoms. The van der Waals surface area contributed by atoms with Gasteiger partial charge in [0.2, 0.25) is 5.95 Å². The highest BCUT2D eigenvalue weighted by molar-refractivity contribution is 5.72. The standard InChI is InChI=1S/C12H12N4O2/c1-16(8-11(17)18)12-14-7-5-10(15-12)9-4-2-3-6-13-9/h2-7H,8H2,1H3,(H,17,18). The zero-order chi connectivity index (χ0) is 13.0. The minimum Gasteiger partial charge on any atom is -0.480 e. The fraction of sp³-hybridized carbons (Fsp3) is 0.167. The van der Waals surface area contributed by atoms with Crippen molar-refractivity contribution >= 4 is 11.9 Å². The lowest BCUT2D eigenvalue weighted by atomic mass is 10.2. The second kappa shape index (κ2) is 5.22. The van der Waals surface area contributed by atoms with Gasteiger partial charge in [0.25, 0.3) is 0 Å². The molecule has 0 saturated heterocycles. The van der Waals surface area contributed by atoms with E-state index in [4.69, 9.17) is 5.11 Å². The first-order valence-electron chi connectivity index (χ1n) is 5.34. The van der Waals surface area contributed by atoms with Gasteiger partial charge in [-0.1, -0.05) is 6.07 Å². The third-order valence-electron chi connectivity index (χ3n) is 2.28. The number of carboxylic acids is 1. The van der Waals surface area contributed by atoms with E-state index in [1.807, 2.05) is 18.2 Å². The zero-order valence-electron chi connectivity index (χ0n) is 9.82. The van der Waals surface area contributed by atoms with Crippen molar-refractivity contribution in [2.24, 2.45) is 0 Å². The molecule has 0 aliphatic heterocycles. The third-order valence-corrected chi connectivity index (χ3v) is 2.28. The number of anilines is 1. The maximum Gasteiger partial charge on any atom is 0.323 e. The monoisotopic (exact) mass is 244 g/mol. The minimum atomic E-state index is -0.927. The lowest BCUT2D eigenvalue weighted by Gasteiger charge is -2.14. The SMILES string of the molecule is CN(CC(=O)O)c1nccc(-c2ccccn2)n1. The average Bonchev–Trinajstić information content (AvgIpc) is 2.39. The summed E-state index contributed by atoms with van der Waals surface area (Å²) in [6.07, 6.45) is 3.27. The molecule has 0 atom stereocenters. The van der Waals surface area contributed by atoms with Crippen LogP contribution in [0.25, 0.3) is 11.4 Å². The molecule has 92 valence electrons. The van der Waals surface area contributed by atoms with Crippen molar-refractivity contribution in [3.05, 3.63) is 36.7 Å². The first-order chi connectivity index (χ1) is 8.66. The van der Waals surface area contributed by atoms with Crippen LogP contribution in [0.5, 0.6) is 0 Å². The Bertz CT molecular complexity index is 545. The van der Waals surface area contributed by atoms with Gasteiger partial charge in [-0.2, -0.15) is 0 Å². The third kappa shape index (κ3) is 2.79. The zero-order valence-corrected chi connectivity index (χ0v) is 9.82. The van der Waals surface area contributed by atoms with Gasteiger partial charge in [0.05, 0.1) is 11.4 Å². The summed E-state index contributed by atoms with van der Waals surface area (Å²) < 4.78 is 0. The number of aromatic nitrogens is 3. The first kappa shape index (κ1) is 12.0. The summed E-state index contributed by atoms with van der Waals surface area (Å²) in [5, 5.41) is 8.72. The molecule has 2 aromatic heterocycles. The highest BCUT2D eigenvalue weighted by Gasteiger charge is 2.09. The van der Waals surface area contributed by atoms with E-state index in [2.05, 4.69) is 15.0 Å². The second-order valence-corrected chi connectivity index (χ2v) is 3.71. The summed E-state index contributed by atoms with van der Waals surface area (Å²) in [7, 11) is 1.63. The number of carboxylic acid groups (broad SMARTS) is 1. The van der Waals surface area contributed by atoms with Crippen molar-refractivity contribution < 1.29 is 9.90 Å². The maximum absolute atomic E-state index is 10.6. The van der Waals surface area contributed by atoms with Crippen molar-refractivity contribution in [1.82, 2.24) is 15.0 Å². The van der Waals surface area contributed by atoms with Gasteiger partial charge in [0.15, 0.2) is 0 Å². The Morgan fingerprint density at radius 2 is 2.06 bits per heavy atom. The number of carbonyl (C=O) groups is 1. The fourth-order valence-electron chi connectivity index (χ4n) is 1.46. The van der Waals surface area contributed by atoms with Crippen LogP contribution in [-0.2, 0) is 4.79 Å². The van der Waals surface area contributed by atoms with Crippen LogP contribution in [0.4, 0.5) is 5.95 Å². The Morgan fingerprint density at radius 3 is 2.72 bits per heavy atom. The van der Waals surface area contributed by atoms with Crippen LogP contribution >= 0.6 is 0 Å². The van der Waals surface area contributed by atoms with E-state index in [1.165, 1.54) is 4.90 Å². The molecule has 6 nitrogen and oxygen atoms in total. The van der Waals surface area contributed by atoms with Gasteiger partial charge in [-0.3, -0.25) is 9.78 Å². The van der Waals surface area contributed by atoms with E-state index in [0.29, 0.717) is 11.6 Å². The molecule has 0 spiro atoms. The normalized spacial score (nSPS) is 10.1. The smallest absolute Gasteiger partial charge is 0.323 e. The van der Waals surface area contributed by atoms with Crippen LogP contribution < -0.4 is 4.90 Å². The summed E-state index contributed by atoms with van der Waals surface area (Å²) in [4.78, 5) is 24.6. The number of hydrogen-bond acceptors (Lipinski definition) is 5. The van der Waals surface area contributed by atoms with Crippen LogP contribution in [0.2, 0.25) is 0 Å². The lowest BCUT2D eigenvalue weighted by Crippen LogP contribution is -2.26. The van der Waals surface area contributed by atoms with Crippen LogP contribution in [0.1, 0.15) is 0 Å². The topological polar surface area (TPSA) is 79.2 Å². The number of pyridine rings is 1. The molecule has 2 aromatic rings. The quantitative estimate of drug-likeness (QED) is 0.866. The summed E-state index contributed by atoms with van der Waals surface area (Å²) in [6, 6.07) is 7.26. The molecule has 0 aliphatic carbocycles. The molecule has 2 heterocycles. The Labute approximate surface area is 104 Å². The van der Waals surface area contributed by atoms with E-state index in [-0.39, 0.29) is 6.54 Å². The number of hydrogen-bond donors (Lipinski definition) is 1. The van der Waals surface area contributed by atoms with Crippen molar-refractivity contribution in [2.45, 2.75) is 0 Å². The molecule has 0 saturated carbocycles. The Kier molecular flexibility index (Phi) is 3.47. The molecule has 0 amide bonds. The fourth-order valence-corrected chi connectivity index (χ4v) is 1.46. The first-order valence-corrected chi connectivity index (χ1v) is 5.34. The van der Waals surface area contributed by atoms with E-state index in [0.717, 1.165) is 5.69 Å². The van der Waals surface area contributed by atoms with Gasteiger partial charge in [0, 0.05) is 19.4 Å². The molecule has 1 N–H and O–H groups in total. The molecular weight excluding hydrogens is 232 g/mol. The number of rotatable bonds is 4.